The molecule has 0 nitrogen and oxygen atoms in total. The second kappa shape index (κ2) is 3.44. The van der Waals surface area contributed by atoms with Gasteiger partial charge in [-0.25, -0.2) is 0 Å². The van der Waals surface area contributed by atoms with Crippen LogP contribution in [0.5, 0.6) is 0 Å². The quantitative estimate of drug-likeness (QED) is 0.600. The van der Waals surface area contributed by atoms with Gasteiger partial charge in [0.2, 0.25) is 0 Å². The van der Waals surface area contributed by atoms with Crippen LogP contribution in [0, 0.1) is 0 Å². The maximum atomic E-state index is 12.0. The molecule has 0 heterocycles. The lowest BCUT2D eigenvalue weighted by atomic mass is 10.1. The Balaban J connectivity index is 2.93. The molecule has 0 aliphatic rings. The zero-order valence-electron chi connectivity index (χ0n) is 6.23. The van der Waals surface area contributed by atoms with Gasteiger partial charge in [0.05, 0.1) is 5.56 Å². The number of halogens is 3. The Hall–Kier alpha value is -0.560. The molecule has 0 spiro atoms. The van der Waals surface area contributed by atoms with Crippen molar-refractivity contribution >= 4 is 9.24 Å². The summed E-state index contributed by atoms with van der Waals surface area (Å²) in [5, 5.41) is 0. The maximum Gasteiger partial charge on any atom is 0.416 e. The predicted octanol–water partition coefficient (Wildman–Crippen LogP) is 3.08. The summed E-state index contributed by atoms with van der Waals surface area (Å²) in [6.45, 7) is 0. The van der Waals surface area contributed by atoms with Crippen molar-refractivity contribution < 1.29 is 13.2 Å². The van der Waals surface area contributed by atoms with Crippen molar-refractivity contribution in [2.24, 2.45) is 0 Å². The molecule has 1 atom stereocenters. The molecule has 1 aromatic carbocycles. The van der Waals surface area contributed by atoms with Crippen molar-refractivity contribution in [3.05, 3.63) is 35.4 Å². The lowest BCUT2D eigenvalue weighted by Gasteiger charge is -2.06. The first kappa shape index (κ1) is 9.53. The van der Waals surface area contributed by atoms with Crippen LogP contribution in [0.1, 0.15) is 11.1 Å². The van der Waals surface area contributed by atoms with Gasteiger partial charge in [-0.3, -0.25) is 0 Å². The van der Waals surface area contributed by atoms with E-state index in [4.69, 9.17) is 0 Å². The van der Waals surface area contributed by atoms with Crippen molar-refractivity contribution in [2.75, 3.05) is 0 Å². The van der Waals surface area contributed by atoms with E-state index < -0.39 is 11.7 Å². The first-order chi connectivity index (χ1) is 5.54. The van der Waals surface area contributed by atoms with Gasteiger partial charge in [-0.2, -0.15) is 13.2 Å². The molecule has 0 saturated heterocycles. The Labute approximate surface area is 71.0 Å². The third-order valence-electron chi connectivity index (χ3n) is 1.52. The molecule has 1 aromatic rings. The third kappa shape index (κ3) is 2.21. The summed E-state index contributed by atoms with van der Waals surface area (Å²) in [5.74, 6) is 0. The minimum Gasteiger partial charge on any atom is -0.166 e. The molecule has 1 unspecified atom stereocenters. The molecule has 0 aliphatic carbocycles. The van der Waals surface area contributed by atoms with Crippen LogP contribution < -0.4 is 0 Å². The highest BCUT2D eigenvalue weighted by Gasteiger charge is 2.29. The zero-order chi connectivity index (χ0) is 9.19. The van der Waals surface area contributed by atoms with Crippen LogP contribution in [0.3, 0.4) is 0 Å². The number of hydrogen-bond donors (Lipinski definition) is 0. The molecular formula is C8H8F3P. The van der Waals surface area contributed by atoms with E-state index in [9.17, 15) is 13.2 Å². The predicted molar refractivity (Wildman–Crippen MR) is 44.9 cm³/mol. The van der Waals surface area contributed by atoms with Gasteiger partial charge in [0.1, 0.15) is 0 Å². The number of rotatable bonds is 1. The first-order valence-electron chi connectivity index (χ1n) is 3.40. The Kier molecular flexibility index (Phi) is 2.73. The Bertz CT molecular complexity index is 250. The molecular weight excluding hydrogens is 184 g/mol. The van der Waals surface area contributed by atoms with Crippen molar-refractivity contribution in [3.63, 3.8) is 0 Å². The molecule has 0 saturated carbocycles. The Morgan fingerprint density at radius 1 is 1.08 bits per heavy atom. The van der Waals surface area contributed by atoms with Crippen LogP contribution in [0.15, 0.2) is 24.3 Å². The monoisotopic (exact) mass is 192 g/mol. The second-order valence-corrected chi connectivity index (χ2v) is 2.81. The van der Waals surface area contributed by atoms with Gasteiger partial charge in [-0.15, -0.1) is 9.24 Å². The molecule has 0 fully saturated rings. The number of alkyl halides is 3. The first-order valence-corrected chi connectivity index (χ1v) is 4.22. The second-order valence-electron chi connectivity index (χ2n) is 2.40. The van der Waals surface area contributed by atoms with Crippen molar-refractivity contribution in [3.8, 4) is 0 Å². The van der Waals surface area contributed by atoms with Gasteiger partial charge < -0.3 is 0 Å². The van der Waals surface area contributed by atoms with Crippen molar-refractivity contribution in [1.82, 2.24) is 0 Å². The van der Waals surface area contributed by atoms with Crippen LogP contribution >= 0.6 is 9.24 Å². The minimum atomic E-state index is -4.22. The van der Waals surface area contributed by atoms with Crippen molar-refractivity contribution in [2.45, 2.75) is 12.3 Å². The minimum absolute atomic E-state index is 0.593. The topological polar surface area (TPSA) is 0 Å². The summed E-state index contributed by atoms with van der Waals surface area (Å²) < 4.78 is 36.1. The number of benzene rings is 1. The Morgan fingerprint density at radius 2 is 1.58 bits per heavy atom. The Morgan fingerprint density at radius 3 is 1.92 bits per heavy atom. The maximum absolute atomic E-state index is 12.0. The summed E-state index contributed by atoms with van der Waals surface area (Å²) in [6.07, 6.45) is -3.54. The lowest BCUT2D eigenvalue weighted by molar-refractivity contribution is -0.137. The molecule has 0 N–H and O–H groups in total. The van der Waals surface area contributed by atoms with Crippen LogP contribution in [-0.4, -0.2) is 0 Å². The van der Waals surface area contributed by atoms with E-state index in [1.54, 1.807) is 0 Å². The summed E-state index contributed by atoms with van der Waals surface area (Å²) >= 11 is 0. The normalized spacial score (nSPS) is 11.7. The van der Waals surface area contributed by atoms with Crippen LogP contribution in [0.25, 0.3) is 0 Å². The fraction of sp³-hybridized carbons (Fsp3) is 0.250. The SMILES string of the molecule is FC(F)(F)c1ccc(CP)cc1. The highest BCUT2D eigenvalue weighted by molar-refractivity contribution is 7.15. The van der Waals surface area contributed by atoms with E-state index in [0.717, 1.165) is 17.7 Å². The standard InChI is InChI=1S/C8H8F3P/c9-8(10,11)7-3-1-6(5-12)2-4-7/h1-4H,5,12H2. The van der Waals surface area contributed by atoms with Gasteiger partial charge in [-0.05, 0) is 23.9 Å². The molecule has 12 heavy (non-hydrogen) atoms. The van der Waals surface area contributed by atoms with Crippen LogP contribution in [-0.2, 0) is 12.3 Å². The molecule has 0 bridgehead atoms. The van der Waals surface area contributed by atoms with E-state index in [-0.39, 0.29) is 0 Å². The summed E-state index contributed by atoms with van der Waals surface area (Å²) in [5.41, 5.74) is 0.290. The average molecular weight is 192 g/mol. The summed E-state index contributed by atoms with van der Waals surface area (Å²) in [4.78, 5) is 0. The van der Waals surface area contributed by atoms with Crippen LogP contribution in [0.2, 0.25) is 0 Å². The zero-order valence-corrected chi connectivity index (χ0v) is 7.38. The van der Waals surface area contributed by atoms with E-state index in [1.165, 1.54) is 12.1 Å². The highest BCUT2D eigenvalue weighted by atomic mass is 31.0. The fourth-order valence-corrected chi connectivity index (χ4v) is 1.10. The van der Waals surface area contributed by atoms with E-state index in [0.29, 0.717) is 6.16 Å². The smallest absolute Gasteiger partial charge is 0.166 e. The molecule has 66 valence electrons. The summed E-state index contributed by atoms with van der Waals surface area (Å²) in [7, 11) is 2.46. The van der Waals surface area contributed by atoms with Crippen LogP contribution in [0.4, 0.5) is 13.2 Å². The molecule has 0 amide bonds. The molecule has 4 heteroatoms. The van der Waals surface area contributed by atoms with E-state index in [2.05, 4.69) is 9.24 Å². The average Bonchev–Trinajstić information content (AvgIpc) is 2.03. The van der Waals surface area contributed by atoms with Gasteiger partial charge in [0.25, 0.3) is 0 Å². The molecule has 1 rings (SSSR count). The molecule has 0 aliphatic heterocycles. The van der Waals surface area contributed by atoms with Gasteiger partial charge in [0, 0.05) is 0 Å². The fourth-order valence-electron chi connectivity index (χ4n) is 0.830. The van der Waals surface area contributed by atoms with Gasteiger partial charge in [-0.1, -0.05) is 12.1 Å². The highest BCUT2D eigenvalue weighted by Crippen LogP contribution is 2.29. The molecule has 0 aromatic heterocycles. The van der Waals surface area contributed by atoms with E-state index >= 15 is 0 Å². The van der Waals surface area contributed by atoms with Gasteiger partial charge >= 0.3 is 6.18 Å². The van der Waals surface area contributed by atoms with Gasteiger partial charge in [0.15, 0.2) is 0 Å². The van der Waals surface area contributed by atoms with Crippen molar-refractivity contribution in [1.29, 1.82) is 0 Å². The largest absolute Gasteiger partial charge is 0.416 e. The van der Waals surface area contributed by atoms with E-state index in [1.807, 2.05) is 0 Å². The molecule has 0 radical (unpaired) electrons. The lowest BCUT2D eigenvalue weighted by Crippen LogP contribution is -2.04. The summed E-state index contributed by atoms with van der Waals surface area (Å²) in [6, 6.07) is 5.16. The third-order valence-corrected chi connectivity index (χ3v) is 1.99. The number of hydrogen-bond acceptors (Lipinski definition) is 0.